The highest BCUT2D eigenvalue weighted by atomic mass is 16.5. The van der Waals surface area contributed by atoms with E-state index < -0.39 is 0 Å². The zero-order valence-corrected chi connectivity index (χ0v) is 19.5. The molecule has 0 aliphatic rings. The molecule has 180 valence electrons. The molecule has 0 saturated carbocycles. The Labute approximate surface area is 206 Å². The van der Waals surface area contributed by atoms with Crippen LogP contribution < -0.4 is 20.7 Å². The monoisotopic (exact) mass is 480 g/mol. The van der Waals surface area contributed by atoms with Crippen molar-refractivity contribution >= 4 is 39.3 Å². The van der Waals surface area contributed by atoms with E-state index in [0.29, 0.717) is 47.2 Å². The molecule has 9 heteroatoms. The largest absolute Gasteiger partial charge is 0.438 e. The maximum absolute atomic E-state index is 13.1. The van der Waals surface area contributed by atoms with E-state index in [0.717, 1.165) is 16.2 Å². The number of rotatable bonds is 8. The summed E-state index contributed by atoms with van der Waals surface area (Å²) in [6, 6.07) is 19.7. The molecule has 2 heterocycles. The number of nitrogens with zero attached hydrogens (tertiary/aromatic N) is 2. The van der Waals surface area contributed by atoms with E-state index in [2.05, 4.69) is 30.9 Å². The van der Waals surface area contributed by atoms with Gasteiger partial charge >= 0.3 is 0 Å². The van der Waals surface area contributed by atoms with Crippen LogP contribution in [-0.4, -0.2) is 46.9 Å². The second-order valence-electron chi connectivity index (χ2n) is 8.10. The average Bonchev–Trinajstić information content (AvgIpc) is 3.38. The molecule has 0 unspecified atom stereocenters. The molecule has 2 amide bonds. The number of amides is 2. The SMILES string of the molecule is CNCCNC(=O)c1cccc(NC(=O)c2cccc3cc(Oc4ncnc5[nH]ccc45)ccc23)c1. The maximum atomic E-state index is 13.1. The lowest BCUT2D eigenvalue weighted by molar-refractivity contribution is 0.0952. The Morgan fingerprint density at radius 1 is 0.917 bits per heavy atom. The number of likely N-dealkylation sites (N-methyl/N-ethyl adjacent to an activating group) is 1. The first-order valence-electron chi connectivity index (χ1n) is 11.5. The molecule has 0 saturated heterocycles. The van der Waals surface area contributed by atoms with Gasteiger partial charge in [0.2, 0.25) is 5.88 Å². The normalized spacial score (nSPS) is 10.9. The second kappa shape index (κ2) is 10.2. The molecule has 0 bridgehead atoms. The smallest absolute Gasteiger partial charge is 0.256 e. The van der Waals surface area contributed by atoms with Gasteiger partial charge in [-0.2, -0.15) is 0 Å². The molecule has 4 N–H and O–H groups in total. The molecular formula is C27H24N6O3. The molecule has 0 aliphatic carbocycles. The van der Waals surface area contributed by atoms with Gasteiger partial charge in [-0.05, 0) is 66.4 Å². The Balaban J connectivity index is 1.35. The molecule has 0 aliphatic heterocycles. The van der Waals surface area contributed by atoms with Gasteiger partial charge in [0.25, 0.3) is 11.8 Å². The predicted molar refractivity (Wildman–Crippen MR) is 139 cm³/mol. The van der Waals surface area contributed by atoms with Gasteiger partial charge in [0.1, 0.15) is 17.7 Å². The van der Waals surface area contributed by atoms with Crippen molar-refractivity contribution in [1.29, 1.82) is 0 Å². The van der Waals surface area contributed by atoms with Gasteiger partial charge in [-0.1, -0.05) is 18.2 Å². The molecular weight excluding hydrogens is 456 g/mol. The highest BCUT2D eigenvalue weighted by molar-refractivity contribution is 6.13. The lowest BCUT2D eigenvalue weighted by Crippen LogP contribution is -2.30. The minimum Gasteiger partial charge on any atom is -0.438 e. The molecule has 0 fully saturated rings. The van der Waals surface area contributed by atoms with Crippen LogP contribution in [0, 0.1) is 0 Å². The fourth-order valence-electron chi connectivity index (χ4n) is 3.90. The number of H-pyrrole nitrogens is 1. The van der Waals surface area contributed by atoms with E-state index in [-0.39, 0.29) is 11.8 Å². The van der Waals surface area contributed by atoms with Crippen LogP contribution in [0.1, 0.15) is 20.7 Å². The van der Waals surface area contributed by atoms with Gasteiger partial charge < -0.3 is 25.7 Å². The molecule has 0 atom stereocenters. The van der Waals surface area contributed by atoms with Crippen molar-refractivity contribution in [3.05, 3.63) is 90.4 Å². The third-order valence-electron chi connectivity index (χ3n) is 5.67. The zero-order chi connectivity index (χ0) is 24.9. The Kier molecular flexibility index (Phi) is 6.55. The van der Waals surface area contributed by atoms with Crippen LogP contribution in [0.15, 0.2) is 79.3 Å². The third kappa shape index (κ3) is 4.86. The number of fused-ring (bicyclic) bond motifs is 2. The van der Waals surface area contributed by atoms with E-state index in [1.54, 1.807) is 42.6 Å². The summed E-state index contributed by atoms with van der Waals surface area (Å²) < 4.78 is 6.01. The second-order valence-corrected chi connectivity index (χ2v) is 8.10. The molecule has 36 heavy (non-hydrogen) atoms. The minimum absolute atomic E-state index is 0.195. The Bertz CT molecular complexity index is 1560. The minimum atomic E-state index is -0.271. The highest BCUT2D eigenvalue weighted by Crippen LogP contribution is 2.30. The van der Waals surface area contributed by atoms with Crippen molar-refractivity contribution in [2.24, 2.45) is 0 Å². The first-order chi connectivity index (χ1) is 17.6. The van der Waals surface area contributed by atoms with Crippen LogP contribution in [0.25, 0.3) is 21.8 Å². The number of nitrogens with one attached hydrogen (secondary N) is 4. The first kappa shape index (κ1) is 23.0. The number of carbonyl (C=O) groups is 2. The lowest BCUT2D eigenvalue weighted by atomic mass is 10.0. The van der Waals surface area contributed by atoms with Gasteiger partial charge in [0, 0.05) is 36.1 Å². The van der Waals surface area contributed by atoms with E-state index in [4.69, 9.17) is 4.74 Å². The summed E-state index contributed by atoms with van der Waals surface area (Å²) >= 11 is 0. The quantitative estimate of drug-likeness (QED) is 0.248. The summed E-state index contributed by atoms with van der Waals surface area (Å²) in [6.45, 7) is 1.19. The molecule has 3 aromatic carbocycles. The molecule has 5 rings (SSSR count). The van der Waals surface area contributed by atoms with Crippen molar-refractivity contribution in [3.63, 3.8) is 0 Å². The van der Waals surface area contributed by atoms with Crippen molar-refractivity contribution in [3.8, 4) is 11.6 Å². The maximum Gasteiger partial charge on any atom is 0.256 e. The van der Waals surface area contributed by atoms with Crippen LogP contribution in [-0.2, 0) is 0 Å². The number of anilines is 1. The average molecular weight is 481 g/mol. The van der Waals surface area contributed by atoms with E-state index in [9.17, 15) is 9.59 Å². The van der Waals surface area contributed by atoms with Crippen molar-refractivity contribution in [2.45, 2.75) is 0 Å². The van der Waals surface area contributed by atoms with Crippen molar-refractivity contribution in [2.75, 3.05) is 25.5 Å². The van der Waals surface area contributed by atoms with Gasteiger partial charge in [-0.15, -0.1) is 0 Å². The van der Waals surface area contributed by atoms with Gasteiger partial charge in [-0.25, -0.2) is 9.97 Å². The fourth-order valence-corrected chi connectivity index (χ4v) is 3.90. The molecule has 9 nitrogen and oxygen atoms in total. The number of hydrogen-bond donors (Lipinski definition) is 4. The van der Waals surface area contributed by atoms with Crippen LogP contribution in [0.2, 0.25) is 0 Å². The van der Waals surface area contributed by atoms with Crippen molar-refractivity contribution in [1.82, 2.24) is 25.6 Å². The van der Waals surface area contributed by atoms with Crippen LogP contribution >= 0.6 is 0 Å². The summed E-state index contributed by atoms with van der Waals surface area (Å²) in [5.74, 6) is 0.578. The summed E-state index contributed by atoms with van der Waals surface area (Å²) in [5, 5.41) is 11.1. The standard InChI is InChI=1S/C27H24N6O3/c1-28-12-13-30-25(34)18-5-2-6-19(14-18)33-26(35)22-7-3-4-17-15-20(8-9-21(17)22)36-27-23-10-11-29-24(23)31-16-32-27/h2-11,14-16,28H,12-13H2,1H3,(H,30,34)(H,33,35)(H,29,31,32). The highest BCUT2D eigenvalue weighted by Gasteiger charge is 2.13. The van der Waals surface area contributed by atoms with E-state index in [1.165, 1.54) is 6.33 Å². The Morgan fingerprint density at radius 3 is 2.69 bits per heavy atom. The summed E-state index contributed by atoms with van der Waals surface area (Å²) in [4.78, 5) is 36.9. The Hall–Kier alpha value is -4.76. The third-order valence-corrected chi connectivity index (χ3v) is 5.67. The Morgan fingerprint density at radius 2 is 1.81 bits per heavy atom. The number of ether oxygens (including phenoxy) is 1. The number of benzene rings is 3. The summed E-state index contributed by atoms with van der Waals surface area (Å²) in [5.41, 5.74) is 2.22. The first-order valence-corrected chi connectivity index (χ1v) is 11.5. The molecule has 0 spiro atoms. The lowest BCUT2D eigenvalue weighted by Gasteiger charge is -2.11. The zero-order valence-electron chi connectivity index (χ0n) is 19.5. The summed E-state index contributed by atoms with van der Waals surface area (Å²) in [6.07, 6.45) is 3.22. The molecule has 2 aromatic heterocycles. The van der Waals surface area contributed by atoms with Gasteiger partial charge in [0.15, 0.2) is 0 Å². The van der Waals surface area contributed by atoms with Gasteiger partial charge in [0.05, 0.1) is 5.39 Å². The van der Waals surface area contributed by atoms with Crippen LogP contribution in [0.4, 0.5) is 5.69 Å². The topological polar surface area (TPSA) is 121 Å². The van der Waals surface area contributed by atoms with E-state index >= 15 is 0 Å². The number of hydrogen-bond acceptors (Lipinski definition) is 6. The predicted octanol–water partition coefficient (Wildman–Crippen LogP) is 4.10. The molecule has 5 aromatic rings. The fraction of sp³-hybridized carbons (Fsp3) is 0.111. The van der Waals surface area contributed by atoms with Crippen LogP contribution in [0.3, 0.4) is 0 Å². The summed E-state index contributed by atoms with van der Waals surface area (Å²) in [7, 11) is 1.82. The van der Waals surface area contributed by atoms with E-state index in [1.807, 2.05) is 37.4 Å². The number of aromatic amines is 1. The van der Waals surface area contributed by atoms with Gasteiger partial charge in [-0.3, -0.25) is 9.59 Å². The van der Waals surface area contributed by atoms with Crippen LogP contribution in [0.5, 0.6) is 11.6 Å². The number of carbonyl (C=O) groups excluding carboxylic acids is 2. The molecule has 0 radical (unpaired) electrons. The van der Waals surface area contributed by atoms with Crippen molar-refractivity contribution < 1.29 is 14.3 Å². The number of aromatic nitrogens is 3.